The van der Waals surface area contributed by atoms with Gasteiger partial charge in [-0.3, -0.25) is 39.3 Å². The van der Waals surface area contributed by atoms with Crippen LogP contribution in [0.4, 0.5) is 44.3 Å². The number of likely N-dealkylation sites (tertiary alicyclic amines) is 1. The number of carbonyl (C=O) groups excluding carboxylic acids is 6. The molecule has 1 aromatic rings. The van der Waals surface area contributed by atoms with Gasteiger partial charge in [0.15, 0.2) is 11.9 Å². The molecule has 28 nitrogen and oxygen atoms in total. The van der Waals surface area contributed by atoms with Crippen LogP contribution in [0, 0.1) is 23.7 Å². The molecule has 1 fully saturated rings. The molecule has 2 rings (SSSR count). The zero-order valence-corrected chi connectivity index (χ0v) is 48.4. The van der Waals surface area contributed by atoms with Gasteiger partial charge in [-0.2, -0.15) is 39.5 Å². The van der Waals surface area contributed by atoms with Crippen molar-refractivity contribution in [2.75, 3.05) is 26.2 Å². The van der Waals surface area contributed by atoms with Crippen LogP contribution in [0.5, 0.6) is 5.75 Å². The molecular weight excluding hydrogens is 1210 g/mol. The van der Waals surface area contributed by atoms with Gasteiger partial charge < -0.3 is 80.0 Å². The lowest BCUT2D eigenvalue weighted by atomic mass is 9.85. The van der Waals surface area contributed by atoms with Gasteiger partial charge >= 0.3 is 48.4 Å². The number of carboxylic acids is 4. The van der Waals surface area contributed by atoms with E-state index in [1.54, 1.807) is 32.9 Å². The number of guanidine groups is 2. The third-order valence-electron chi connectivity index (χ3n) is 11.4. The molecule has 1 heterocycles. The first kappa shape index (κ1) is 81.2. The first-order chi connectivity index (χ1) is 40.4. The Morgan fingerprint density at radius 3 is 1.66 bits per heavy atom. The molecule has 0 aliphatic carbocycles. The second-order valence-electron chi connectivity index (χ2n) is 20.4. The number of nitrogens with zero attached hydrogens (tertiary/aromatic N) is 3. The van der Waals surface area contributed by atoms with Crippen molar-refractivity contribution >= 4 is 71.4 Å². The van der Waals surface area contributed by atoms with Gasteiger partial charge in [0.2, 0.25) is 29.5 Å². The smallest absolute Gasteiger partial charge is 0.490 e. The van der Waals surface area contributed by atoms with Crippen LogP contribution < -0.4 is 54.8 Å². The number of hydrogen-bond donors (Lipinski definition) is 15. The number of unbranched alkanes of at least 4 members (excludes halogenated alkanes) is 2. The summed E-state index contributed by atoms with van der Waals surface area (Å²) >= 11 is 0. The fourth-order valence-electron chi connectivity index (χ4n) is 7.15. The van der Waals surface area contributed by atoms with Crippen LogP contribution in [-0.2, 0) is 49.6 Å². The molecule has 88 heavy (non-hydrogen) atoms. The molecule has 6 atom stereocenters. The average molecular weight is 1280 g/mol. The topological polar surface area (TPSA) is 476 Å². The van der Waals surface area contributed by atoms with Crippen molar-refractivity contribution < 1.29 is 113 Å². The molecule has 0 unspecified atom stereocenters. The minimum absolute atomic E-state index is 0.0285. The molecule has 1 aliphatic rings. The fraction of sp³-hybridized carbons (Fsp3) is 0.608. The van der Waals surface area contributed by atoms with E-state index >= 15 is 0 Å². The van der Waals surface area contributed by atoms with Gasteiger partial charge in [-0.1, -0.05) is 46.8 Å². The SMILES string of the molecule is C#CCCCCNC(=O)NC(N)=NCCC[C@H](NC(=O)[C@@H](N)CCCN=C(N)N)C(=O)N1CCC[C@H]1C(=O)N[C@@H](Cc1ccc(O)cc1)C(=O)N[C@H](C(=O)N[C@@H](CC(C)C)C(=O)O)C(C)(C)C.O=C(O)C(F)(F)F.O=C(O)C(F)(F)F.O=C(O)C(F)(F)F. The van der Waals surface area contributed by atoms with Crippen LogP contribution in [0.2, 0.25) is 0 Å². The Balaban J connectivity index is 0. The van der Waals surface area contributed by atoms with Crippen molar-refractivity contribution in [3.63, 3.8) is 0 Å². The molecule has 0 radical (unpaired) electrons. The van der Waals surface area contributed by atoms with Crippen molar-refractivity contribution in [3.05, 3.63) is 29.8 Å². The number of aromatic hydroxyl groups is 1. The number of aliphatic carboxylic acids is 4. The second-order valence-corrected chi connectivity index (χ2v) is 20.4. The van der Waals surface area contributed by atoms with Crippen LogP contribution >= 0.6 is 0 Å². The summed E-state index contributed by atoms with van der Waals surface area (Å²) < 4.78 is 95.2. The minimum atomic E-state index is -5.08. The maximum Gasteiger partial charge on any atom is 0.490 e. The molecule has 7 amide bonds. The highest BCUT2D eigenvalue weighted by Crippen LogP contribution is 2.24. The van der Waals surface area contributed by atoms with E-state index in [0.717, 1.165) is 6.42 Å². The summed E-state index contributed by atoms with van der Waals surface area (Å²) in [6.45, 7) is 9.53. The summed E-state index contributed by atoms with van der Waals surface area (Å²) in [5, 5.41) is 57.0. The van der Waals surface area contributed by atoms with E-state index in [1.165, 1.54) is 17.0 Å². The Morgan fingerprint density at radius 1 is 0.693 bits per heavy atom. The number of carboxylic acid groups (broad SMARTS) is 4. The van der Waals surface area contributed by atoms with E-state index in [2.05, 4.69) is 47.8 Å². The lowest BCUT2D eigenvalue weighted by molar-refractivity contribution is -0.193. The first-order valence-corrected chi connectivity index (χ1v) is 26.4. The second kappa shape index (κ2) is 39.0. The Hall–Kier alpha value is -8.85. The molecule has 37 heteroatoms. The lowest BCUT2D eigenvalue weighted by Gasteiger charge is -2.33. The predicted octanol–water partition coefficient (Wildman–Crippen LogP) is 1.52. The fourth-order valence-corrected chi connectivity index (χ4v) is 7.15. The lowest BCUT2D eigenvalue weighted by Crippen LogP contribution is -2.61. The highest BCUT2D eigenvalue weighted by Gasteiger charge is 2.42. The van der Waals surface area contributed by atoms with E-state index in [9.17, 15) is 83.3 Å². The maximum absolute atomic E-state index is 14.4. The van der Waals surface area contributed by atoms with Crippen LogP contribution in [0.3, 0.4) is 0 Å². The van der Waals surface area contributed by atoms with Crippen molar-refractivity contribution in [2.24, 2.45) is 44.3 Å². The van der Waals surface area contributed by atoms with Gasteiger partial charge in [-0.25, -0.2) is 24.0 Å². The molecule has 0 spiro atoms. The van der Waals surface area contributed by atoms with Gasteiger partial charge in [0.25, 0.3) is 0 Å². The highest BCUT2D eigenvalue weighted by atomic mass is 19.4. The molecule has 19 N–H and O–H groups in total. The normalized spacial score (nSPS) is 14.9. The number of carbonyl (C=O) groups is 10. The van der Waals surface area contributed by atoms with Crippen LogP contribution in [0.15, 0.2) is 34.3 Å². The number of alkyl halides is 9. The van der Waals surface area contributed by atoms with Gasteiger partial charge in [0.1, 0.15) is 36.0 Å². The third kappa shape index (κ3) is 35.6. The summed E-state index contributed by atoms with van der Waals surface area (Å²) in [4.78, 5) is 130. The number of halogens is 9. The van der Waals surface area contributed by atoms with E-state index in [1.807, 2.05) is 13.8 Å². The summed E-state index contributed by atoms with van der Waals surface area (Å²) in [5.41, 5.74) is 22.5. The maximum atomic E-state index is 14.4. The minimum Gasteiger partial charge on any atom is -0.508 e. The molecule has 1 aromatic carbocycles. The molecule has 1 aliphatic heterocycles. The number of phenols is 1. The molecule has 0 saturated carbocycles. The average Bonchev–Trinajstić information content (AvgIpc) is 2.30. The van der Waals surface area contributed by atoms with Gasteiger partial charge in [0, 0.05) is 39.0 Å². The predicted molar refractivity (Wildman–Crippen MR) is 295 cm³/mol. The van der Waals surface area contributed by atoms with Crippen molar-refractivity contribution in [2.45, 2.75) is 160 Å². The van der Waals surface area contributed by atoms with Gasteiger partial charge in [-0.05, 0) is 86.8 Å². The molecule has 0 bridgehead atoms. The zero-order valence-electron chi connectivity index (χ0n) is 48.4. The van der Waals surface area contributed by atoms with E-state index in [-0.39, 0.29) is 81.7 Å². The van der Waals surface area contributed by atoms with Crippen LogP contribution in [0.25, 0.3) is 0 Å². The Morgan fingerprint density at radius 2 is 1.19 bits per heavy atom. The molecule has 498 valence electrons. The number of aliphatic imine (C=N–C) groups is 2. The number of amides is 7. The molecule has 1 saturated heterocycles. The number of nitrogens with one attached hydrogen (secondary N) is 6. The van der Waals surface area contributed by atoms with Crippen LogP contribution in [0.1, 0.15) is 104 Å². The summed E-state index contributed by atoms with van der Waals surface area (Å²) in [6, 6.07) is -1.63. The van der Waals surface area contributed by atoms with Crippen LogP contribution in [-0.4, -0.2) is 183 Å². The number of terminal acetylenes is 1. The van der Waals surface area contributed by atoms with Gasteiger partial charge in [0.05, 0.1) is 6.04 Å². The number of urea groups is 1. The number of phenolic OH excluding ortho intramolecular Hbond substituents is 1. The van der Waals surface area contributed by atoms with Crippen molar-refractivity contribution in [1.29, 1.82) is 0 Å². The Bertz CT molecular complexity index is 2520. The highest BCUT2D eigenvalue weighted by molar-refractivity contribution is 5.97. The zero-order chi connectivity index (χ0) is 68.5. The monoisotopic (exact) mass is 1280 g/mol. The number of hydrogen-bond acceptors (Lipinski definition) is 14. The van der Waals surface area contributed by atoms with Crippen molar-refractivity contribution in [1.82, 2.24) is 36.8 Å². The van der Waals surface area contributed by atoms with E-state index < -0.39 is 120 Å². The Kier molecular flexibility index (Phi) is 36.0. The molecular formula is C51H76F9N13O15. The first-order valence-electron chi connectivity index (χ1n) is 26.4. The van der Waals surface area contributed by atoms with Gasteiger partial charge in [-0.15, -0.1) is 12.3 Å². The van der Waals surface area contributed by atoms with E-state index in [4.69, 9.17) is 59.1 Å². The summed E-state index contributed by atoms with van der Waals surface area (Å²) in [5.74, 6) is -10.7. The number of rotatable bonds is 26. The summed E-state index contributed by atoms with van der Waals surface area (Å²) in [7, 11) is 0. The largest absolute Gasteiger partial charge is 0.508 e. The standard InChI is InChI=1S/C45H73N13O9.3C2HF3O2/c1-7-8-9-10-21-52-44(67)57-43(49)51-23-12-15-31(53-36(60)30(46)14-11-22-50-42(47)48)40(64)58-24-13-16-34(58)38(62)54-32(26-28-17-19-29(59)20-18-28)37(61)56-35(45(4,5)6)39(63)55-33(41(65)66)25-27(2)3;3*3-2(4,5)1(6)7/h1,17-20,27,30-35,59H,8-16,21-26,46H2,2-6H3,(H,53,60)(H,54,62)(H,55,63)(H,56,61)(H,65,66)(H4,47,48,50)(H4,49,51,52,57,67);3*(H,6,7)/t30-,31-,32-,33-,34-,35+;;;/m0.../s1. The Labute approximate surface area is 498 Å². The number of benzene rings is 1. The molecule has 0 aromatic heterocycles. The number of nitrogens with two attached hydrogens (primary N) is 4. The third-order valence-corrected chi connectivity index (χ3v) is 11.4. The van der Waals surface area contributed by atoms with Crippen molar-refractivity contribution in [3.8, 4) is 18.1 Å². The quantitative estimate of drug-likeness (QED) is 0.0206. The summed E-state index contributed by atoms with van der Waals surface area (Å²) in [6.07, 6.45) is -6.47. The van der Waals surface area contributed by atoms with E-state index in [0.29, 0.717) is 37.8 Å².